The highest BCUT2D eigenvalue weighted by molar-refractivity contribution is 5.80. The predicted octanol–water partition coefficient (Wildman–Crippen LogP) is -0.226. The molecule has 1 aliphatic heterocycles. The Bertz CT molecular complexity index is 486. The largest absolute Gasteiger partial charge is 0.493 e. The van der Waals surface area contributed by atoms with Crippen molar-refractivity contribution in [3.63, 3.8) is 0 Å². The molecular weight excluding hydrogens is 270 g/mol. The molecule has 1 aromatic rings. The number of ether oxygens (including phenoxy) is 1. The van der Waals surface area contributed by atoms with Gasteiger partial charge in [-0.2, -0.15) is 5.10 Å². The van der Waals surface area contributed by atoms with Gasteiger partial charge < -0.3 is 20.7 Å². The maximum absolute atomic E-state index is 11.4. The van der Waals surface area contributed by atoms with Crippen LogP contribution in [0.5, 0.6) is 5.75 Å². The van der Waals surface area contributed by atoms with Gasteiger partial charge >= 0.3 is 0 Å². The zero-order chi connectivity index (χ0) is 15.4. The van der Waals surface area contributed by atoms with E-state index < -0.39 is 0 Å². The van der Waals surface area contributed by atoms with E-state index in [1.54, 1.807) is 13.3 Å². The fourth-order valence-corrected chi connectivity index (χ4v) is 2.80. The smallest absolute Gasteiger partial charge is 0.234 e. The van der Waals surface area contributed by atoms with Gasteiger partial charge in [0.2, 0.25) is 5.91 Å². The van der Waals surface area contributed by atoms with E-state index in [1.807, 2.05) is 18.8 Å². The van der Waals surface area contributed by atoms with Gasteiger partial charge in [-0.05, 0) is 33.5 Å². The van der Waals surface area contributed by atoms with E-state index in [0.29, 0.717) is 6.42 Å². The summed E-state index contributed by atoms with van der Waals surface area (Å²) in [7, 11) is 5.73. The number of primary amides is 1. The van der Waals surface area contributed by atoms with Crippen LogP contribution in [0.2, 0.25) is 0 Å². The maximum Gasteiger partial charge on any atom is 0.234 e. The fraction of sp³-hybridized carbons (Fsp3) is 0.714. The molecule has 118 valence electrons. The fourth-order valence-electron chi connectivity index (χ4n) is 2.80. The third-order valence-electron chi connectivity index (χ3n) is 3.96. The Morgan fingerprint density at radius 2 is 2.38 bits per heavy atom. The Hall–Kier alpha value is -1.60. The van der Waals surface area contributed by atoms with Gasteiger partial charge in [-0.25, -0.2) is 0 Å². The van der Waals surface area contributed by atoms with Crippen molar-refractivity contribution in [3.05, 3.63) is 11.9 Å². The Morgan fingerprint density at radius 3 is 3.00 bits per heavy atom. The van der Waals surface area contributed by atoms with Gasteiger partial charge in [-0.15, -0.1) is 0 Å². The van der Waals surface area contributed by atoms with Crippen molar-refractivity contribution in [3.8, 4) is 5.75 Å². The summed E-state index contributed by atoms with van der Waals surface area (Å²) in [6.45, 7) is 2.49. The average Bonchev–Trinajstić information content (AvgIpc) is 2.88. The Morgan fingerprint density at radius 1 is 1.62 bits per heavy atom. The van der Waals surface area contributed by atoms with E-state index in [9.17, 15) is 4.79 Å². The Kier molecular flexibility index (Phi) is 5.19. The molecule has 7 heteroatoms. The molecule has 1 amide bonds. The second kappa shape index (κ2) is 6.91. The molecule has 1 aliphatic rings. The lowest BCUT2D eigenvalue weighted by Crippen LogP contribution is -2.46. The first-order valence-corrected chi connectivity index (χ1v) is 7.30. The summed E-state index contributed by atoms with van der Waals surface area (Å²) in [6, 6.07) is -0.273. The second-order valence-corrected chi connectivity index (χ2v) is 5.75. The third-order valence-corrected chi connectivity index (χ3v) is 3.96. The summed E-state index contributed by atoms with van der Waals surface area (Å²) in [5.41, 5.74) is 6.50. The van der Waals surface area contributed by atoms with E-state index in [2.05, 4.69) is 15.3 Å². The van der Waals surface area contributed by atoms with Crippen LogP contribution >= 0.6 is 0 Å². The minimum absolute atomic E-state index is 0.239. The van der Waals surface area contributed by atoms with Gasteiger partial charge in [0.15, 0.2) is 5.75 Å². The van der Waals surface area contributed by atoms with Crippen LogP contribution in [0.4, 0.5) is 0 Å². The Balaban J connectivity index is 2.19. The van der Waals surface area contributed by atoms with Crippen LogP contribution in [0.3, 0.4) is 0 Å². The number of carbonyl (C=O) groups is 1. The first kappa shape index (κ1) is 15.8. The lowest BCUT2D eigenvalue weighted by atomic mass is 9.89. The molecule has 2 unspecified atom stereocenters. The Labute approximate surface area is 125 Å². The van der Waals surface area contributed by atoms with Gasteiger partial charge in [0.1, 0.15) is 0 Å². The summed E-state index contributed by atoms with van der Waals surface area (Å²) in [5.74, 6) is 0.741. The molecule has 2 rings (SSSR count). The minimum Gasteiger partial charge on any atom is -0.493 e. The number of nitrogens with zero attached hydrogens (tertiary/aromatic N) is 3. The molecule has 0 aromatic carbocycles. The molecule has 1 saturated heterocycles. The second-order valence-electron chi connectivity index (χ2n) is 5.75. The highest BCUT2D eigenvalue weighted by atomic mass is 16.5. The van der Waals surface area contributed by atoms with Crippen LogP contribution < -0.4 is 15.8 Å². The van der Waals surface area contributed by atoms with E-state index in [0.717, 1.165) is 37.5 Å². The van der Waals surface area contributed by atoms with Gasteiger partial charge in [0.05, 0.1) is 31.6 Å². The highest BCUT2D eigenvalue weighted by Crippen LogP contribution is 2.34. The molecule has 0 bridgehead atoms. The molecule has 7 nitrogen and oxygen atoms in total. The standard InChI is InChI=1S/C14H25N5O2/c1-18(2)6-7-19-13(12(21-3)9-17-19)10-4-5-16-11(8-10)14(15)20/h9-11,16H,4-8H2,1-3H3,(H2,15,20). The van der Waals surface area contributed by atoms with Crippen LogP contribution in [-0.2, 0) is 11.3 Å². The normalized spacial score (nSPS) is 22.5. The third kappa shape index (κ3) is 3.74. The SMILES string of the molecule is COc1cnn(CCN(C)C)c1C1CCNC(C(N)=O)C1. The number of nitrogens with one attached hydrogen (secondary N) is 1. The van der Waals surface area contributed by atoms with Gasteiger partial charge in [-0.3, -0.25) is 9.48 Å². The van der Waals surface area contributed by atoms with Crippen molar-refractivity contribution < 1.29 is 9.53 Å². The van der Waals surface area contributed by atoms with Crippen molar-refractivity contribution in [2.24, 2.45) is 5.73 Å². The number of methoxy groups -OCH3 is 1. The molecule has 0 spiro atoms. The number of piperidine rings is 1. The summed E-state index contributed by atoms with van der Waals surface area (Å²) in [5, 5.41) is 7.60. The van der Waals surface area contributed by atoms with E-state index >= 15 is 0 Å². The molecule has 0 aliphatic carbocycles. The van der Waals surface area contributed by atoms with Crippen LogP contribution in [0.15, 0.2) is 6.20 Å². The van der Waals surface area contributed by atoms with Crippen molar-refractivity contribution in [2.75, 3.05) is 34.3 Å². The first-order valence-electron chi connectivity index (χ1n) is 7.30. The summed E-state index contributed by atoms with van der Waals surface area (Å²) in [6.07, 6.45) is 3.40. The summed E-state index contributed by atoms with van der Waals surface area (Å²) >= 11 is 0. The first-order chi connectivity index (χ1) is 10.0. The molecule has 1 aromatic heterocycles. The number of aromatic nitrogens is 2. The zero-order valence-electron chi connectivity index (χ0n) is 13.0. The van der Waals surface area contributed by atoms with Crippen LogP contribution in [0.1, 0.15) is 24.5 Å². The van der Waals surface area contributed by atoms with Gasteiger partial charge in [0.25, 0.3) is 0 Å². The number of amides is 1. The zero-order valence-corrected chi connectivity index (χ0v) is 13.0. The molecule has 3 N–H and O–H groups in total. The maximum atomic E-state index is 11.4. The molecule has 0 saturated carbocycles. The number of nitrogens with two attached hydrogens (primary N) is 1. The van der Waals surface area contributed by atoms with E-state index in [1.165, 1.54) is 0 Å². The number of carbonyl (C=O) groups excluding carboxylic acids is 1. The molecule has 1 fully saturated rings. The minimum atomic E-state index is -0.293. The van der Waals surface area contributed by atoms with Crippen LogP contribution in [-0.4, -0.2) is 60.9 Å². The van der Waals surface area contributed by atoms with Gasteiger partial charge in [0, 0.05) is 12.5 Å². The average molecular weight is 295 g/mol. The topological polar surface area (TPSA) is 85.4 Å². The lowest BCUT2D eigenvalue weighted by Gasteiger charge is -2.29. The summed E-state index contributed by atoms with van der Waals surface area (Å²) in [4.78, 5) is 13.5. The predicted molar refractivity (Wildman–Crippen MR) is 80.3 cm³/mol. The van der Waals surface area contributed by atoms with Gasteiger partial charge in [-0.1, -0.05) is 0 Å². The summed E-state index contributed by atoms with van der Waals surface area (Å²) < 4.78 is 7.44. The molecule has 0 radical (unpaired) electrons. The van der Waals surface area contributed by atoms with E-state index in [4.69, 9.17) is 10.5 Å². The molecule has 2 atom stereocenters. The van der Waals surface area contributed by atoms with Crippen LogP contribution in [0.25, 0.3) is 0 Å². The molecule has 2 heterocycles. The van der Waals surface area contributed by atoms with Crippen molar-refractivity contribution in [1.29, 1.82) is 0 Å². The van der Waals surface area contributed by atoms with Crippen LogP contribution in [0, 0.1) is 0 Å². The number of hydrogen-bond acceptors (Lipinski definition) is 5. The molecule has 21 heavy (non-hydrogen) atoms. The lowest BCUT2D eigenvalue weighted by molar-refractivity contribution is -0.120. The van der Waals surface area contributed by atoms with E-state index in [-0.39, 0.29) is 17.9 Å². The number of rotatable bonds is 6. The van der Waals surface area contributed by atoms with Crippen molar-refractivity contribution in [1.82, 2.24) is 20.0 Å². The monoisotopic (exact) mass is 295 g/mol. The van der Waals surface area contributed by atoms with Crippen molar-refractivity contribution in [2.45, 2.75) is 31.3 Å². The molecular formula is C14H25N5O2. The quantitative estimate of drug-likeness (QED) is 0.757. The highest BCUT2D eigenvalue weighted by Gasteiger charge is 2.30. The number of hydrogen-bond donors (Lipinski definition) is 2. The number of likely N-dealkylation sites (N-methyl/N-ethyl adjacent to an activating group) is 1. The van der Waals surface area contributed by atoms with Crippen molar-refractivity contribution >= 4 is 5.91 Å².